The number of nitrogens with zero attached hydrogens (tertiary/aromatic N) is 2. The third kappa shape index (κ3) is 1.94. The Kier molecular flexibility index (Phi) is 2.15. The molecule has 13 heavy (non-hydrogen) atoms. The summed E-state index contributed by atoms with van der Waals surface area (Å²) in [5, 5.41) is 0.104. The van der Waals surface area contributed by atoms with Crippen molar-refractivity contribution in [3.8, 4) is 0 Å². The SMILES string of the molecule is FC(F)c1cc(Cl)nc(C2CC2)n1. The quantitative estimate of drug-likeness (QED) is 0.693. The molecule has 1 aromatic heterocycles. The van der Waals surface area contributed by atoms with Crippen molar-refractivity contribution in [1.29, 1.82) is 0 Å². The number of rotatable bonds is 2. The summed E-state index contributed by atoms with van der Waals surface area (Å²) in [7, 11) is 0. The first-order valence-corrected chi connectivity index (χ1v) is 4.37. The highest BCUT2D eigenvalue weighted by molar-refractivity contribution is 6.29. The summed E-state index contributed by atoms with van der Waals surface area (Å²) in [5.74, 6) is 0.707. The molecule has 2 nitrogen and oxygen atoms in total. The van der Waals surface area contributed by atoms with Crippen LogP contribution in [0.2, 0.25) is 5.15 Å². The summed E-state index contributed by atoms with van der Waals surface area (Å²) >= 11 is 5.58. The minimum Gasteiger partial charge on any atom is -0.232 e. The van der Waals surface area contributed by atoms with E-state index in [0.717, 1.165) is 18.9 Å². The van der Waals surface area contributed by atoms with Gasteiger partial charge in [0.25, 0.3) is 6.43 Å². The Labute approximate surface area is 79.0 Å². The summed E-state index contributed by atoms with van der Waals surface area (Å²) in [5.41, 5.74) is -0.276. The highest BCUT2D eigenvalue weighted by Gasteiger charge is 2.28. The van der Waals surface area contributed by atoms with E-state index < -0.39 is 6.43 Å². The van der Waals surface area contributed by atoms with Crippen LogP contribution in [0.15, 0.2) is 6.07 Å². The molecule has 2 rings (SSSR count). The molecule has 1 heterocycles. The molecule has 5 heteroatoms. The van der Waals surface area contributed by atoms with Gasteiger partial charge in [0, 0.05) is 12.0 Å². The number of hydrogen-bond acceptors (Lipinski definition) is 2. The third-order valence-electron chi connectivity index (χ3n) is 1.90. The van der Waals surface area contributed by atoms with E-state index in [-0.39, 0.29) is 16.8 Å². The van der Waals surface area contributed by atoms with E-state index >= 15 is 0 Å². The molecule has 0 aromatic carbocycles. The van der Waals surface area contributed by atoms with Crippen molar-refractivity contribution in [1.82, 2.24) is 9.97 Å². The second-order valence-corrected chi connectivity index (χ2v) is 3.44. The van der Waals surface area contributed by atoms with Crippen LogP contribution in [0.5, 0.6) is 0 Å². The first-order valence-electron chi connectivity index (χ1n) is 3.99. The van der Waals surface area contributed by atoms with Crippen LogP contribution >= 0.6 is 11.6 Å². The lowest BCUT2D eigenvalue weighted by Gasteiger charge is -2.02. The molecule has 70 valence electrons. The summed E-state index contributed by atoms with van der Waals surface area (Å²) < 4.78 is 24.5. The second-order valence-electron chi connectivity index (χ2n) is 3.05. The van der Waals surface area contributed by atoms with Crippen LogP contribution in [0, 0.1) is 0 Å². The van der Waals surface area contributed by atoms with Crippen molar-refractivity contribution >= 4 is 11.6 Å². The highest BCUT2D eigenvalue weighted by Crippen LogP contribution is 2.38. The van der Waals surface area contributed by atoms with Crippen molar-refractivity contribution < 1.29 is 8.78 Å². The minimum atomic E-state index is -2.57. The van der Waals surface area contributed by atoms with Gasteiger partial charge in [-0.1, -0.05) is 11.6 Å². The van der Waals surface area contributed by atoms with E-state index in [2.05, 4.69) is 9.97 Å². The second kappa shape index (κ2) is 3.18. The summed E-state index contributed by atoms with van der Waals surface area (Å²) in [6.45, 7) is 0. The van der Waals surface area contributed by atoms with Gasteiger partial charge in [0.05, 0.1) is 0 Å². The predicted octanol–water partition coefficient (Wildman–Crippen LogP) is 2.95. The Balaban J connectivity index is 2.36. The zero-order valence-electron chi connectivity index (χ0n) is 6.67. The van der Waals surface area contributed by atoms with Crippen molar-refractivity contribution in [3.05, 3.63) is 22.7 Å². The van der Waals surface area contributed by atoms with E-state index in [1.807, 2.05) is 0 Å². The maximum atomic E-state index is 12.3. The van der Waals surface area contributed by atoms with Crippen molar-refractivity contribution in [2.45, 2.75) is 25.2 Å². The van der Waals surface area contributed by atoms with Crippen LogP contribution in [0.25, 0.3) is 0 Å². The Hall–Kier alpha value is -0.770. The molecule has 0 unspecified atom stereocenters. The molecule has 0 radical (unpaired) electrons. The normalized spacial score (nSPS) is 16.6. The molecule has 0 N–H and O–H groups in total. The standard InChI is InChI=1S/C8H7ClF2N2/c9-6-3-5(7(10)11)12-8(13-6)4-1-2-4/h3-4,7H,1-2H2. The molecule has 0 atom stereocenters. The average Bonchev–Trinajstić information content (AvgIpc) is 2.85. The Morgan fingerprint density at radius 3 is 2.62 bits per heavy atom. The van der Waals surface area contributed by atoms with Crippen LogP contribution in [0.4, 0.5) is 8.78 Å². The van der Waals surface area contributed by atoms with Crippen molar-refractivity contribution in [2.24, 2.45) is 0 Å². The molecule has 0 bridgehead atoms. The van der Waals surface area contributed by atoms with E-state index in [4.69, 9.17) is 11.6 Å². The van der Waals surface area contributed by atoms with Gasteiger partial charge in [-0.2, -0.15) is 0 Å². The monoisotopic (exact) mass is 204 g/mol. The lowest BCUT2D eigenvalue weighted by Crippen LogP contribution is -1.98. The molecule has 1 fully saturated rings. The maximum Gasteiger partial charge on any atom is 0.280 e. The van der Waals surface area contributed by atoms with Gasteiger partial charge in [-0.25, -0.2) is 18.7 Å². The fourth-order valence-corrected chi connectivity index (χ4v) is 1.29. The van der Waals surface area contributed by atoms with Crippen LogP contribution in [-0.4, -0.2) is 9.97 Å². The fraction of sp³-hybridized carbons (Fsp3) is 0.500. The van der Waals surface area contributed by atoms with Crippen molar-refractivity contribution in [3.63, 3.8) is 0 Å². The smallest absolute Gasteiger partial charge is 0.232 e. The molecule has 1 aliphatic rings. The molecule has 0 amide bonds. The first-order chi connectivity index (χ1) is 6.16. The lowest BCUT2D eigenvalue weighted by molar-refractivity contribution is 0.145. The Morgan fingerprint density at radius 2 is 2.08 bits per heavy atom. The van der Waals surface area contributed by atoms with Crippen LogP contribution in [0.3, 0.4) is 0 Å². The van der Waals surface area contributed by atoms with Crippen molar-refractivity contribution in [2.75, 3.05) is 0 Å². The van der Waals surface area contributed by atoms with Gasteiger partial charge in [-0.05, 0) is 12.8 Å². The zero-order chi connectivity index (χ0) is 9.42. The molecule has 0 aliphatic heterocycles. The average molecular weight is 205 g/mol. The van der Waals surface area contributed by atoms with Gasteiger partial charge >= 0.3 is 0 Å². The van der Waals surface area contributed by atoms with Gasteiger partial charge in [0.1, 0.15) is 16.7 Å². The van der Waals surface area contributed by atoms with Gasteiger partial charge in [0.2, 0.25) is 0 Å². The largest absolute Gasteiger partial charge is 0.280 e. The minimum absolute atomic E-state index is 0.104. The van der Waals surface area contributed by atoms with Gasteiger partial charge < -0.3 is 0 Å². The van der Waals surface area contributed by atoms with Gasteiger partial charge in [0.15, 0.2) is 0 Å². The van der Waals surface area contributed by atoms with E-state index in [1.54, 1.807) is 0 Å². The number of alkyl halides is 2. The van der Waals surface area contributed by atoms with E-state index in [1.165, 1.54) is 0 Å². The summed E-state index contributed by atoms with van der Waals surface area (Å²) in [6, 6.07) is 1.11. The predicted molar refractivity (Wildman–Crippen MR) is 44.0 cm³/mol. The Bertz CT molecular complexity index is 306. The summed E-state index contributed by atoms with van der Waals surface area (Å²) in [4.78, 5) is 7.65. The maximum absolute atomic E-state index is 12.3. The fourth-order valence-electron chi connectivity index (χ4n) is 1.09. The Morgan fingerprint density at radius 1 is 1.38 bits per heavy atom. The molecular weight excluding hydrogens is 198 g/mol. The lowest BCUT2D eigenvalue weighted by atomic mass is 10.3. The topological polar surface area (TPSA) is 25.8 Å². The number of aromatic nitrogens is 2. The van der Waals surface area contributed by atoms with E-state index in [0.29, 0.717) is 5.82 Å². The number of halogens is 3. The molecule has 1 aliphatic carbocycles. The zero-order valence-corrected chi connectivity index (χ0v) is 7.43. The number of hydrogen-bond donors (Lipinski definition) is 0. The first kappa shape index (κ1) is 8.81. The molecular formula is C8H7ClF2N2. The molecule has 1 aromatic rings. The van der Waals surface area contributed by atoms with Crippen LogP contribution in [-0.2, 0) is 0 Å². The van der Waals surface area contributed by atoms with Gasteiger partial charge in [-0.3, -0.25) is 0 Å². The summed E-state index contributed by atoms with van der Waals surface area (Å²) in [6.07, 6.45) is -0.621. The molecule has 1 saturated carbocycles. The highest BCUT2D eigenvalue weighted by atomic mass is 35.5. The van der Waals surface area contributed by atoms with Crippen LogP contribution < -0.4 is 0 Å². The molecule has 0 saturated heterocycles. The van der Waals surface area contributed by atoms with E-state index in [9.17, 15) is 8.78 Å². The molecule has 0 spiro atoms. The third-order valence-corrected chi connectivity index (χ3v) is 2.09. The van der Waals surface area contributed by atoms with Crippen LogP contribution in [0.1, 0.15) is 36.7 Å². The van der Waals surface area contributed by atoms with Gasteiger partial charge in [-0.15, -0.1) is 0 Å².